The average molecular weight is 274 g/mol. The minimum absolute atomic E-state index is 0.463. The van der Waals surface area contributed by atoms with Crippen molar-refractivity contribution < 1.29 is 0 Å². The Morgan fingerprint density at radius 3 is 2.89 bits per heavy atom. The Labute approximate surface area is 117 Å². The van der Waals surface area contributed by atoms with Crippen molar-refractivity contribution in [2.24, 2.45) is 0 Å². The van der Waals surface area contributed by atoms with Crippen LogP contribution in [0.5, 0.6) is 0 Å². The average Bonchev–Trinajstić information content (AvgIpc) is 2.85. The summed E-state index contributed by atoms with van der Waals surface area (Å²) in [5.74, 6) is 0.750. The highest BCUT2D eigenvalue weighted by molar-refractivity contribution is 7.15. The molecule has 4 nitrogen and oxygen atoms in total. The zero-order valence-electron chi connectivity index (χ0n) is 11.3. The molecule has 5 heteroatoms. The van der Waals surface area contributed by atoms with Crippen LogP contribution in [0.4, 0.5) is 0 Å². The molecule has 0 aliphatic heterocycles. The van der Waals surface area contributed by atoms with Crippen molar-refractivity contribution in [3.63, 3.8) is 0 Å². The van der Waals surface area contributed by atoms with Gasteiger partial charge >= 0.3 is 0 Å². The molecule has 1 aliphatic rings. The summed E-state index contributed by atoms with van der Waals surface area (Å²) in [6, 6.07) is 0.463. The number of nitrogens with one attached hydrogen (secondary N) is 1. The second-order valence-electron chi connectivity index (χ2n) is 4.92. The fourth-order valence-electron chi connectivity index (χ4n) is 2.46. The van der Waals surface area contributed by atoms with E-state index in [1.54, 1.807) is 11.3 Å². The highest BCUT2D eigenvalue weighted by atomic mass is 32.1. The van der Waals surface area contributed by atoms with Crippen LogP contribution in [-0.2, 0) is 6.42 Å². The Morgan fingerprint density at radius 1 is 1.37 bits per heavy atom. The van der Waals surface area contributed by atoms with E-state index in [4.69, 9.17) is 4.98 Å². The van der Waals surface area contributed by atoms with Gasteiger partial charge in [0.25, 0.3) is 0 Å². The van der Waals surface area contributed by atoms with Crippen molar-refractivity contribution in [1.82, 2.24) is 20.3 Å². The first-order valence-electron chi connectivity index (χ1n) is 6.80. The monoisotopic (exact) mass is 274 g/mol. The number of aromatic nitrogens is 3. The van der Waals surface area contributed by atoms with Crippen LogP contribution < -0.4 is 5.32 Å². The van der Waals surface area contributed by atoms with Gasteiger partial charge in [0.2, 0.25) is 0 Å². The summed E-state index contributed by atoms with van der Waals surface area (Å²) in [6.45, 7) is 5.15. The summed E-state index contributed by atoms with van der Waals surface area (Å²) in [4.78, 5) is 14.9. The van der Waals surface area contributed by atoms with Crippen LogP contribution in [0.1, 0.15) is 41.9 Å². The van der Waals surface area contributed by atoms with Crippen LogP contribution in [0.15, 0.2) is 12.4 Å². The minimum atomic E-state index is 0.463. The van der Waals surface area contributed by atoms with Crippen LogP contribution in [0.3, 0.4) is 0 Å². The predicted molar refractivity (Wildman–Crippen MR) is 77.2 cm³/mol. The molecule has 1 N–H and O–H groups in total. The van der Waals surface area contributed by atoms with E-state index in [1.165, 1.54) is 23.4 Å². The van der Waals surface area contributed by atoms with Gasteiger partial charge in [-0.2, -0.15) is 0 Å². The van der Waals surface area contributed by atoms with Gasteiger partial charge in [-0.15, -0.1) is 11.3 Å². The third-order valence-corrected chi connectivity index (χ3v) is 4.58. The number of nitrogens with zero attached hydrogens (tertiary/aromatic N) is 3. The molecule has 2 aromatic rings. The summed E-state index contributed by atoms with van der Waals surface area (Å²) in [6.07, 6.45) is 7.20. The summed E-state index contributed by atoms with van der Waals surface area (Å²) >= 11 is 1.74. The van der Waals surface area contributed by atoms with E-state index in [-0.39, 0.29) is 0 Å². The molecule has 2 aromatic heterocycles. The smallest absolute Gasteiger partial charge is 0.188 e. The molecule has 0 radical (unpaired) electrons. The predicted octanol–water partition coefficient (Wildman–Crippen LogP) is 2.90. The van der Waals surface area contributed by atoms with E-state index in [2.05, 4.69) is 22.2 Å². The zero-order chi connectivity index (χ0) is 13.2. The first-order valence-corrected chi connectivity index (χ1v) is 7.61. The van der Waals surface area contributed by atoms with Crippen molar-refractivity contribution in [3.05, 3.63) is 28.5 Å². The minimum Gasteiger partial charge on any atom is -0.309 e. The van der Waals surface area contributed by atoms with Crippen LogP contribution >= 0.6 is 11.3 Å². The maximum absolute atomic E-state index is 4.74. The van der Waals surface area contributed by atoms with E-state index in [0.29, 0.717) is 6.04 Å². The van der Waals surface area contributed by atoms with Crippen LogP contribution in [0, 0.1) is 6.92 Å². The lowest BCUT2D eigenvalue weighted by Gasteiger charge is -2.21. The third-order valence-electron chi connectivity index (χ3n) is 3.37. The van der Waals surface area contributed by atoms with Gasteiger partial charge in [-0.3, -0.25) is 0 Å². The first-order chi connectivity index (χ1) is 9.28. The number of thiazole rings is 1. The Kier molecular flexibility index (Phi) is 3.57. The number of hydrogen-bond donors (Lipinski definition) is 1. The quantitative estimate of drug-likeness (QED) is 0.935. The summed E-state index contributed by atoms with van der Waals surface area (Å²) in [5, 5.41) is 4.50. The summed E-state index contributed by atoms with van der Waals surface area (Å²) < 4.78 is 0. The van der Waals surface area contributed by atoms with E-state index in [9.17, 15) is 0 Å². The molecule has 2 heterocycles. The molecule has 0 amide bonds. The maximum Gasteiger partial charge on any atom is 0.188 e. The normalized spacial score (nSPS) is 18.3. The Morgan fingerprint density at radius 2 is 2.16 bits per heavy atom. The highest BCUT2D eigenvalue weighted by Crippen LogP contribution is 2.36. The van der Waals surface area contributed by atoms with Gasteiger partial charge < -0.3 is 5.32 Å². The van der Waals surface area contributed by atoms with Gasteiger partial charge in [0, 0.05) is 23.3 Å². The van der Waals surface area contributed by atoms with Gasteiger partial charge in [0.15, 0.2) is 10.8 Å². The molecule has 1 aliphatic carbocycles. The standard InChI is InChI=1S/C14H18N4S/c1-3-15-10-5-4-6-11-12(10)19-14(18-11)13-16-7-9(2)8-17-13/h7-8,10,15H,3-6H2,1-2H3. The topological polar surface area (TPSA) is 50.7 Å². The summed E-state index contributed by atoms with van der Waals surface area (Å²) in [7, 11) is 0. The number of rotatable bonds is 3. The van der Waals surface area contributed by atoms with Gasteiger partial charge in [0.1, 0.15) is 0 Å². The molecule has 0 saturated heterocycles. The van der Waals surface area contributed by atoms with Gasteiger partial charge in [-0.05, 0) is 38.3 Å². The molecule has 0 fully saturated rings. The fraction of sp³-hybridized carbons (Fsp3) is 0.500. The summed E-state index contributed by atoms with van der Waals surface area (Å²) in [5.41, 5.74) is 2.32. The Hall–Kier alpha value is -1.33. The van der Waals surface area contributed by atoms with Crippen molar-refractivity contribution in [2.45, 2.75) is 39.2 Å². The van der Waals surface area contributed by atoms with Crippen molar-refractivity contribution in [1.29, 1.82) is 0 Å². The fourth-order valence-corrected chi connectivity index (χ4v) is 3.63. The van der Waals surface area contributed by atoms with E-state index in [1.807, 2.05) is 19.3 Å². The SMILES string of the molecule is CCNC1CCCc2nc(-c3ncc(C)cn3)sc21. The van der Waals surface area contributed by atoms with E-state index >= 15 is 0 Å². The second kappa shape index (κ2) is 5.35. The van der Waals surface area contributed by atoms with Crippen LogP contribution in [-0.4, -0.2) is 21.5 Å². The van der Waals surface area contributed by atoms with Gasteiger partial charge in [0.05, 0.1) is 5.69 Å². The van der Waals surface area contributed by atoms with E-state index < -0.39 is 0 Å². The molecule has 0 saturated carbocycles. The molecular formula is C14H18N4S. The lowest BCUT2D eigenvalue weighted by atomic mass is 9.98. The lowest BCUT2D eigenvalue weighted by molar-refractivity contribution is 0.476. The molecule has 100 valence electrons. The lowest BCUT2D eigenvalue weighted by Crippen LogP contribution is -2.23. The molecule has 0 aromatic carbocycles. The second-order valence-corrected chi connectivity index (χ2v) is 5.95. The Bertz CT molecular complexity index is 561. The van der Waals surface area contributed by atoms with Gasteiger partial charge in [-0.1, -0.05) is 6.92 Å². The van der Waals surface area contributed by atoms with Crippen molar-refractivity contribution in [2.75, 3.05) is 6.54 Å². The first kappa shape index (κ1) is 12.7. The van der Waals surface area contributed by atoms with Crippen LogP contribution in [0.2, 0.25) is 0 Å². The van der Waals surface area contributed by atoms with Gasteiger partial charge in [-0.25, -0.2) is 15.0 Å². The molecule has 19 heavy (non-hydrogen) atoms. The molecule has 1 atom stereocenters. The van der Waals surface area contributed by atoms with E-state index in [0.717, 1.165) is 29.4 Å². The third kappa shape index (κ3) is 2.53. The van der Waals surface area contributed by atoms with Crippen molar-refractivity contribution >= 4 is 11.3 Å². The highest BCUT2D eigenvalue weighted by Gasteiger charge is 2.24. The van der Waals surface area contributed by atoms with Crippen LogP contribution in [0.25, 0.3) is 10.8 Å². The largest absolute Gasteiger partial charge is 0.309 e. The molecular weight excluding hydrogens is 256 g/mol. The number of fused-ring (bicyclic) bond motifs is 1. The molecule has 0 bridgehead atoms. The molecule has 1 unspecified atom stereocenters. The molecule has 0 spiro atoms. The Balaban J connectivity index is 1.95. The zero-order valence-corrected chi connectivity index (χ0v) is 12.1. The maximum atomic E-state index is 4.74. The number of aryl methyl sites for hydroxylation is 2. The number of hydrogen-bond acceptors (Lipinski definition) is 5. The van der Waals surface area contributed by atoms with Crippen molar-refractivity contribution in [3.8, 4) is 10.8 Å². The molecule has 3 rings (SSSR count).